The van der Waals surface area contributed by atoms with Gasteiger partial charge in [0.25, 0.3) is 0 Å². The number of aryl methyl sites for hydroxylation is 2. The molecule has 3 rings (SSSR count). The Kier molecular flexibility index (Phi) is 4.74. The monoisotopic (exact) mass is 324 g/mol. The van der Waals surface area contributed by atoms with Gasteiger partial charge in [-0.05, 0) is 54.7 Å². The van der Waals surface area contributed by atoms with Crippen molar-refractivity contribution in [2.45, 2.75) is 26.3 Å². The Morgan fingerprint density at radius 2 is 1.88 bits per heavy atom. The predicted molar refractivity (Wildman–Crippen MR) is 95.5 cm³/mol. The molecule has 4 nitrogen and oxygen atoms in total. The summed E-state index contributed by atoms with van der Waals surface area (Å²) in [4.78, 5) is 14.1. The van der Waals surface area contributed by atoms with Crippen molar-refractivity contribution in [3.63, 3.8) is 0 Å². The highest BCUT2D eigenvalue weighted by atomic mass is 16.5. The van der Waals surface area contributed by atoms with Crippen LogP contribution in [0.4, 0.5) is 4.79 Å². The van der Waals surface area contributed by atoms with E-state index in [1.807, 2.05) is 29.2 Å². The van der Waals surface area contributed by atoms with Crippen LogP contribution in [0.5, 0.6) is 5.75 Å². The molecule has 4 heteroatoms. The third kappa shape index (κ3) is 3.53. The Labute approximate surface area is 143 Å². The summed E-state index contributed by atoms with van der Waals surface area (Å²) in [6, 6.07) is 14.5. The minimum Gasteiger partial charge on any atom is -0.497 e. The fourth-order valence-electron chi connectivity index (χ4n) is 3.01. The van der Waals surface area contributed by atoms with E-state index < -0.39 is 0 Å². The minimum absolute atomic E-state index is 0.0201. The molecule has 1 aliphatic heterocycles. The first-order valence-corrected chi connectivity index (χ1v) is 8.32. The molecule has 1 unspecified atom stereocenters. The highest BCUT2D eigenvalue weighted by Crippen LogP contribution is 2.23. The van der Waals surface area contributed by atoms with Gasteiger partial charge in [0.2, 0.25) is 0 Å². The summed E-state index contributed by atoms with van der Waals surface area (Å²) in [6.07, 6.45) is 0.844. The Balaban J connectivity index is 1.61. The van der Waals surface area contributed by atoms with Crippen molar-refractivity contribution < 1.29 is 9.53 Å². The lowest BCUT2D eigenvalue weighted by Gasteiger charge is -2.15. The number of ether oxygens (including phenoxy) is 1. The van der Waals surface area contributed by atoms with Crippen LogP contribution in [0.3, 0.4) is 0 Å². The topological polar surface area (TPSA) is 41.6 Å². The molecule has 1 atom stereocenters. The molecule has 0 saturated carbocycles. The van der Waals surface area contributed by atoms with E-state index in [1.54, 1.807) is 7.11 Å². The second kappa shape index (κ2) is 6.95. The van der Waals surface area contributed by atoms with Crippen molar-refractivity contribution >= 4 is 6.03 Å². The van der Waals surface area contributed by atoms with Crippen LogP contribution < -0.4 is 10.1 Å². The molecule has 1 fully saturated rings. The van der Waals surface area contributed by atoms with Crippen LogP contribution in [-0.2, 0) is 6.42 Å². The third-order valence-corrected chi connectivity index (χ3v) is 4.75. The summed E-state index contributed by atoms with van der Waals surface area (Å²) in [5, 5.41) is 3.09. The number of carbonyl (C=O) groups excluding carboxylic acids is 1. The van der Waals surface area contributed by atoms with Crippen LogP contribution in [0.25, 0.3) is 0 Å². The van der Waals surface area contributed by atoms with Gasteiger partial charge in [0.05, 0.1) is 13.2 Å². The van der Waals surface area contributed by atoms with E-state index in [1.165, 1.54) is 22.3 Å². The molecule has 2 aromatic rings. The first-order valence-electron chi connectivity index (χ1n) is 8.32. The number of methoxy groups -OCH3 is 1. The maximum absolute atomic E-state index is 12.2. The van der Waals surface area contributed by atoms with E-state index in [-0.39, 0.29) is 12.1 Å². The zero-order valence-electron chi connectivity index (χ0n) is 14.5. The molecule has 2 amide bonds. The van der Waals surface area contributed by atoms with Gasteiger partial charge < -0.3 is 15.0 Å². The summed E-state index contributed by atoms with van der Waals surface area (Å²) in [6.45, 7) is 5.65. The second-order valence-electron chi connectivity index (χ2n) is 6.39. The van der Waals surface area contributed by atoms with Crippen molar-refractivity contribution in [1.29, 1.82) is 0 Å². The highest BCUT2D eigenvalue weighted by Gasteiger charge is 2.29. The zero-order chi connectivity index (χ0) is 17.1. The van der Waals surface area contributed by atoms with Crippen LogP contribution in [0, 0.1) is 13.8 Å². The molecule has 0 spiro atoms. The zero-order valence-corrected chi connectivity index (χ0v) is 14.5. The lowest BCUT2D eigenvalue weighted by Crippen LogP contribution is -2.30. The van der Waals surface area contributed by atoms with Crippen molar-refractivity contribution in [3.8, 4) is 5.75 Å². The first kappa shape index (κ1) is 16.4. The largest absolute Gasteiger partial charge is 0.497 e. The van der Waals surface area contributed by atoms with Gasteiger partial charge in [-0.2, -0.15) is 0 Å². The van der Waals surface area contributed by atoms with E-state index in [4.69, 9.17) is 4.74 Å². The van der Waals surface area contributed by atoms with Crippen molar-refractivity contribution in [1.82, 2.24) is 10.2 Å². The van der Waals surface area contributed by atoms with Gasteiger partial charge in [0.15, 0.2) is 0 Å². The first-order chi connectivity index (χ1) is 11.6. The normalized spacial score (nSPS) is 17.0. The van der Waals surface area contributed by atoms with E-state index >= 15 is 0 Å². The molecule has 0 aromatic heterocycles. The lowest BCUT2D eigenvalue weighted by atomic mass is 10.0. The van der Waals surface area contributed by atoms with Crippen molar-refractivity contribution in [2.24, 2.45) is 0 Å². The van der Waals surface area contributed by atoms with Gasteiger partial charge in [0.1, 0.15) is 5.75 Å². The van der Waals surface area contributed by atoms with Crippen molar-refractivity contribution in [3.05, 3.63) is 64.7 Å². The van der Waals surface area contributed by atoms with Gasteiger partial charge in [-0.1, -0.05) is 30.3 Å². The molecule has 2 aromatic carbocycles. The SMILES string of the molecule is COc1ccc(CCN2CC(c3ccc(C)c(C)c3)NC2=O)cc1. The number of benzene rings is 2. The van der Waals surface area contributed by atoms with Gasteiger partial charge in [-0.15, -0.1) is 0 Å². The van der Waals surface area contributed by atoms with Crippen LogP contribution in [-0.4, -0.2) is 31.1 Å². The second-order valence-corrected chi connectivity index (χ2v) is 6.39. The molecule has 1 aliphatic rings. The minimum atomic E-state index is 0.0201. The van der Waals surface area contributed by atoms with Crippen LogP contribution in [0.1, 0.15) is 28.3 Å². The Morgan fingerprint density at radius 1 is 1.12 bits per heavy atom. The van der Waals surface area contributed by atoms with Gasteiger partial charge in [0, 0.05) is 13.1 Å². The molecule has 1 saturated heterocycles. The number of carbonyl (C=O) groups is 1. The fourth-order valence-corrected chi connectivity index (χ4v) is 3.01. The van der Waals surface area contributed by atoms with Gasteiger partial charge in [-0.3, -0.25) is 0 Å². The molecule has 126 valence electrons. The van der Waals surface area contributed by atoms with E-state index in [9.17, 15) is 4.79 Å². The standard InChI is InChI=1S/C20H24N2O2/c1-14-4-7-17(12-15(14)2)19-13-22(20(23)21-19)11-10-16-5-8-18(24-3)9-6-16/h4-9,12,19H,10-11,13H2,1-3H3,(H,21,23). The van der Waals surface area contributed by atoms with E-state index in [2.05, 4.69) is 37.4 Å². The van der Waals surface area contributed by atoms with E-state index in [0.717, 1.165) is 25.3 Å². The number of urea groups is 1. The highest BCUT2D eigenvalue weighted by molar-refractivity contribution is 5.77. The fraction of sp³-hybridized carbons (Fsp3) is 0.350. The van der Waals surface area contributed by atoms with Gasteiger partial charge in [-0.25, -0.2) is 4.79 Å². The number of hydrogen-bond acceptors (Lipinski definition) is 2. The van der Waals surface area contributed by atoms with Crippen LogP contribution >= 0.6 is 0 Å². The maximum Gasteiger partial charge on any atom is 0.318 e. The molecule has 24 heavy (non-hydrogen) atoms. The number of hydrogen-bond donors (Lipinski definition) is 1. The Morgan fingerprint density at radius 3 is 2.54 bits per heavy atom. The van der Waals surface area contributed by atoms with E-state index in [0.29, 0.717) is 0 Å². The molecule has 0 radical (unpaired) electrons. The van der Waals surface area contributed by atoms with Crippen LogP contribution in [0.15, 0.2) is 42.5 Å². The summed E-state index contributed by atoms with van der Waals surface area (Å²) >= 11 is 0. The summed E-state index contributed by atoms with van der Waals surface area (Å²) in [5.74, 6) is 0.854. The lowest BCUT2D eigenvalue weighted by molar-refractivity contribution is 0.218. The summed E-state index contributed by atoms with van der Waals surface area (Å²) in [7, 11) is 1.66. The smallest absolute Gasteiger partial charge is 0.318 e. The molecular weight excluding hydrogens is 300 g/mol. The van der Waals surface area contributed by atoms with Crippen molar-refractivity contribution in [2.75, 3.05) is 20.2 Å². The number of nitrogens with zero attached hydrogens (tertiary/aromatic N) is 1. The average molecular weight is 324 g/mol. The molecule has 1 N–H and O–H groups in total. The number of rotatable bonds is 5. The van der Waals surface area contributed by atoms with Gasteiger partial charge >= 0.3 is 6.03 Å². The summed E-state index contributed by atoms with van der Waals surface area (Å²) < 4.78 is 5.17. The number of amides is 2. The predicted octanol–water partition coefficient (Wildman–Crippen LogP) is 3.62. The van der Waals surface area contributed by atoms with Crippen LogP contribution in [0.2, 0.25) is 0 Å². The molecular formula is C20H24N2O2. The quantitative estimate of drug-likeness (QED) is 0.912. The number of nitrogens with one attached hydrogen (secondary N) is 1. The Bertz CT molecular complexity index is 725. The molecule has 0 bridgehead atoms. The maximum atomic E-state index is 12.2. The molecule has 0 aliphatic carbocycles. The average Bonchev–Trinajstić information content (AvgIpc) is 2.97. The summed E-state index contributed by atoms with van der Waals surface area (Å²) in [5.41, 5.74) is 4.93. The third-order valence-electron chi connectivity index (χ3n) is 4.75. The Hall–Kier alpha value is -2.49. The molecule has 1 heterocycles.